The van der Waals surface area contributed by atoms with Crippen molar-refractivity contribution in [3.8, 4) is 0 Å². The van der Waals surface area contributed by atoms with Crippen LogP contribution in [0.4, 0.5) is 0 Å². The molecule has 0 bridgehead atoms. The van der Waals surface area contributed by atoms with Crippen LogP contribution in [0, 0.1) is 5.41 Å². The number of hydrogen-bond acceptors (Lipinski definition) is 2. The van der Waals surface area contributed by atoms with Crippen molar-refractivity contribution in [3.05, 3.63) is 0 Å². The Kier molecular flexibility index (Phi) is 3.94. The summed E-state index contributed by atoms with van der Waals surface area (Å²) in [6.45, 7) is 6.04. The van der Waals surface area contributed by atoms with E-state index >= 15 is 0 Å². The average Bonchev–Trinajstić information content (AvgIpc) is 1.59. The van der Waals surface area contributed by atoms with Crippen LogP contribution in [-0.2, 0) is 10.7 Å². The van der Waals surface area contributed by atoms with Gasteiger partial charge in [-0.05, 0) is 11.8 Å². The van der Waals surface area contributed by atoms with Crippen molar-refractivity contribution in [2.24, 2.45) is 5.41 Å². The fourth-order valence-corrected chi connectivity index (χ4v) is 1.96. The second kappa shape index (κ2) is 3.96. The van der Waals surface area contributed by atoms with Crippen LogP contribution in [0.15, 0.2) is 0 Å². The SMILES string of the molecule is CCCC(C)(C)C[SH](=O)=O. The van der Waals surface area contributed by atoms with Gasteiger partial charge in [0.25, 0.3) is 0 Å². The molecule has 0 N–H and O–H groups in total. The second-order valence-corrected chi connectivity index (χ2v) is 4.39. The molecule has 0 aromatic rings. The van der Waals surface area contributed by atoms with Gasteiger partial charge in [-0.3, -0.25) is 0 Å². The molecule has 0 aliphatic carbocycles. The van der Waals surface area contributed by atoms with Crippen LogP contribution in [0.5, 0.6) is 0 Å². The third-order valence-electron chi connectivity index (χ3n) is 1.48. The molecule has 0 aromatic carbocycles. The maximum atomic E-state index is 10.3. The van der Waals surface area contributed by atoms with Crippen LogP contribution in [0.3, 0.4) is 0 Å². The van der Waals surface area contributed by atoms with E-state index in [0.717, 1.165) is 12.8 Å². The van der Waals surface area contributed by atoms with Gasteiger partial charge in [0.1, 0.15) is 10.7 Å². The predicted molar refractivity (Wildman–Crippen MR) is 43.9 cm³/mol. The van der Waals surface area contributed by atoms with Crippen LogP contribution in [-0.4, -0.2) is 14.2 Å². The van der Waals surface area contributed by atoms with Gasteiger partial charge in [0.2, 0.25) is 0 Å². The lowest BCUT2D eigenvalue weighted by atomic mass is 9.91. The normalized spacial score (nSPS) is 12.4. The summed E-state index contributed by atoms with van der Waals surface area (Å²) in [5, 5.41) is 0. The molecule has 0 saturated carbocycles. The molecule has 0 amide bonds. The van der Waals surface area contributed by atoms with E-state index in [1.165, 1.54) is 0 Å². The van der Waals surface area contributed by atoms with Crippen LogP contribution < -0.4 is 0 Å². The topological polar surface area (TPSA) is 34.1 Å². The third-order valence-corrected chi connectivity index (χ3v) is 2.60. The second-order valence-electron chi connectivity index (χ2n) is 3.41. The fraction of sp³-hybridized carbons (Fsp3) is 1.00. The summed E-state index contributed by atoms with van der Waals surface area (Å²) in [6.07, 6.45) is 2.03. The lowest BCUT2D eigenvalue weighted by Crippen LogP contribution is -2.17. The van der Waals surface area contributed by atoms with E-state index in [1.807, 2.05) is 13.8 Å². The van der Waals surface area contributed by atoms with Gasteiger partial charge >= 0.3 is 0 Å². The molecule has 0 aliphatic heterocycles. The van der Waals surface area contributed by atoms with E-state index in [4.69, 9.17) is 0 Å². The first-order chi connectivity index (χ1) is 4.48. The highest BCUT2D eigenvalue weighted by atomic mass is 32.2. The molecule has 0 spiro atoms. The summed E-state index contributed by atoms with van der Waals surface area (Å²) < 4.78 is 20.7. The van der Waals surface area contributed by atoms with Crippen molar-refractivity contribution < 1.29 is 8.42 Å². The summed E-state index contributed by atoms with van der Waals surface area (Å²) in [7, 11) is -2.20. The molecular formula is C7H16O2S. The van der Waals surface area contributed by atoms with Gasteiger partial charge in [0.15, 0.2) is 0 Å². The molecule has 0 radical (unpaired) electrons. The molecule has 0 saturated heterocycles. The van der Waals surface area contributed by atoms with Gasteiger partial charge in [-0.25, -0.2) is 8.42 Å². The molecule has 62 valence electrons. The van der Waals surface area contributed by atoms with Crippen LogP contribution >= 0.6 is 0 Å². The van der Waals surface area contributed by atoms with E-state index in [-0.39, 0.29) is 5.41 Å². The molecule has 0 atom stereocenters. The fourth-order valence-electron chi connectivity index (χ4n) is 1.11. The lowest BCUT2D eigenvalue weighted by molar-refractivity contribution is 0.376. The van der Waals surface area contributed by atoms with Gasteiger partial charge in [-0.15, -0.1) is 0 Å². The Morgan fingerprint density at radius 2 is 1.80 bits per heavy atom. The minimum Gasteiger partial charge on any atom is -0.232 e. The molecule has 2 nitrogen and oxygen atoms in total. The maximum absolute atomic E-state index is 10.3. The van der Waals surface area contributed by atoms with E-state index in [1.54, 1.807) is 0 Å². The molecule has 0 aliphatic rings. The van der Waals surface area contributed by atoms with Crippen LogP contribution in [0.25, 0.3) is 0 Å². The van der Waals surface area contributed by atoms with Crippen molar-refractivity contribution >= 4 is 10.7 Å². The Morgan fingerprint density at radius 1 is 1.30 bits per heavy atom. The van der Waals surface area contributed by atoms with Gasteiger partial charge < -0.3 is 0 Å². The molecule has 0 rings (SSSR count). The van der Waals surface area contributed by atoms with E-state index in [2.05, 4.69) is 6.92 Å². The van der Waals surface area contributed by atoms with E-state index < -0.39 is 10.7 Å². The molecule has 3 heteroatoms. The Balaban J connectivity index is 3.85. The zero-order valence-corrected chi connectivity index (χ0v) is 7.78. The first-order valence-corrected chi connectivity index (χ1v) is 4.96. The summed E-state index contributed by atoms with van der Waals surface area (Å²) >= 11 is 0. The van der Waals surface area contributed by atoms with Crippen LogP contribution in [0.1, 0.15) is 33.6 Å². The monoisotopic (exact) mass is 164 g/mol. The third kappa shape index (κ3) is 4.79. The van der Waals surface area contributed by atoms with Crippen molar-refractivity contribution in [1.82, 2.24) is 0 Å². The van der Waals surface area contributed by atoms with Crippen LogP contribution in [0.2, 0.25) is 0 Å². The van der Waals surface area contributed by atoms with Gasteiger partial charge in [-0.2, -0.15) is 0 Å². The highest BCUT2D eigenvalue weighted by Gasteiger charge is 2.17. The minimum atomic E-state index is -2.20. The Bertz CT molecular complexity index is 151. The maximum Gasteiger partial charge on any atom is 0.140 e. The highest BCUT2D eigenvalue weighted by Crippen LogP contribution is 2.21. The van der Waals surface area contributed by atoms with Gasteiger partial charge in [0, 0.05) is 0 Å². The summed E-state index contributed by atoms with van der Waals surface area (Å²) in [4.78, 5) is 0. The largest absolute Gasteiger partial charge is 0.232 e. The first-order valence-electron chi connectivity index (χ1n) is 3.60. The van der Waals surface area contributed by atoms with E-state index in [0.29, 0.717) is 5.75 Å². The smallest absolute Gasteiger partial charge is 0.140 e. The summed E-state index contributed by atoms with van der Waals surface area (Å²) in [6, 6.07) is 0. The van der Waals surface area contributed by atoms with Gasteiger partial charge in [-0.1, -0.05) is 27.2 Å². The Morgan fingerprint density at radius 3 is 2.10 bits per heavy atom. The van der Waals surface area contributed by atoms with Crippen molar-refractivity contribution in [2.75, 3.05) is 5.75 Å². The molecule has 0 fully saturated rings. The van der Waals surface area contributed by atoms with Gasteiger partial charge in [0.05, 0.1) is 5.75 Å². The lowest BCUT2D eigenvalue weighted by Gasteiger charge is -2.19. The molecule has 0 aromatic heterocycles. The minimum absolute atomic E-state index is 0.0239. The molecular weight excluding hydrogens is 148 g/mol. The highest BCUT2D eigenvalue weighted by molar-refractivity contribution is 7.72. The zero-order valence-electron chi connectivity index (χ0n) is 6.89. The van der Waals surface area contributed by atoms with Crippen molar-refractivity contribution in [1.29, 1.82) is 0 Å². The quantitative estimate of drug-likeness (QED) is 0.638. The number of rotatable bonds is 4. The summed E-state index contributed by atoms with van der Waals surface area (Å²) in [5.41, 5.74) is -0.0239. The standard InChI is InChI=1S/C7H16O2S/c1-4-5-7(2,3)6-10(8)9/h10H,4-6H2,1-3H3. The average molecular weight is 164 g/mol. The van der Waals surface area contributed by atoms with E-state index in [9.17, 15) is 8.42 Å². The van der Waals surface area contributed by atoms with Crippen molar-refractivity contribution in [2.45, 2.75) is 33.6 Å². The summed E-state index contributed by atoms with van der Waals surface area (Å²) in [5.74, 6) is 0.316. The first kappa shape index (κ1) is 9.95. The number of hydrogen-bond donors (Lipinski definition) is 1. The number of thiol groups is 1. The molecule has 10 heavy (non-hydrogen) atoms. The van der Waals surface area contributed by atoms with Crippen molar-refractivity contribution in [3.63, 3.8) is 0 Å². The Hall–Kier alpha value is -0.0500. The Labute approximate surface area is 64.6 Å². The zero-order chi connectivity index (χ0) is 8.20. The predicted octanol–water partition coefficient (Wildman–Crippen LogP) is 1.42. The molecule has 0 unspecified atom stereocenters. The molecule has 0 heterocycles.